The molecule has 220 valence electrons. The minimum Gasteiger partial charge on any atom is -0.309 e. The van der Waals surface area contributed by atoms with Gasteiger partial charge in [0.15, 0.2) is 18.8 Å². The molecular weight excluding hydrogens is 585 g/mol. The van der Waals surface area contributed by atoms with E-state index in [4.69, 9.17) is 10.2 Å². The van der Waals surface area contributed by atoms with Gasteiger partial charge >= 0.3 is 0 Å². The molecule has 6 aromatic carbocycles. The summed E-state index contributed by atoms with van der Waals surface area (Å²) in [5.41, 5.74) is 5.61. The maximum Gasteiger partial charge on any atom is 0.171 e. The Morgan fingerprint density at radius 1 is 0.500 bits per heavy atom. The minimum absolute atomic E-state index is 0.687. The smallest absolute Gasteiger partial charge is 0.171 e. The summed E-state index contributed by atoms with van der Waals surface area (Å²) in [6, 6.07) is 53.7. The van der Waals surface area contributed by atoms with Crippen molar-refractivity contribution in [3.05, 3.63) is 170 Å². The third kappa shape index (κ3) is 4.68. The molecule has 0 radical (unpaired) electrons. The van der Waals surface area contributed by atoms with Crippen LogP contribution in [-0.4, -0.2) is 24.3 Å². The number of hydrogen-bond acceptors (Lipinski definition) is 4. The highest BCUT2D eigenvalue weighted by molar-refractivity contribution is 7.85. The molecule has 0 saturated carbocycles. The van der Waals surface area contributed by atoms with E-state index in [1.54, 1.807) is 0 Å². The number of benzene rings is 6. The SMILES string of the molecule is O=P(c1ccccc1)(c1ccccc1)c1ccc(-c2nnc(-c3ccccc3-n3cnc4ccccc43)n2-c2ccccc2)cc1. The molecule has 0 aliphatic heterocycles. The molecule has 8 rings (SSSR count). The van der Waals surface area contributed by atoms with E-state index in [9.17, 15) is 4.57 Å². The molecule has 0 spiro atoms. The Bertz CT molecular complexity index is 2290. The maximum absolute atomic E-state index is 14.9. The molecule has 8 aromatic rings. The van der Waals surface area contributed by atoms with E-state index < -0.39 is 7.14 Å². The first-order valence-corrected chi connectivity index (χ1v) is 16.8. The molecule has 0 unspecified atom stereocenters. The Hall–Kier alpha value is -5.84. The molecule has 0 aliphatic carbocycles. The van der Waals surface area contributed by atoms with E-state index in [1.807, 2.05) is 140 Å². The van der Waals surface area contributed by atoms with Crippen molar-refractivity contribution in [3.63, 3.8) is 0 Å². The Kier molecular flexibility index (Phi) is 6.97. The summed E-state index contributed by atoms with van der Waals surface area (Å²) >= 11 is 0. The molecule has 0 bridgehead atoms. The van der Waals surface area contributed by atoms with Crippen LogP contribution in [0.25, 0.3) is 45.2 Å². The van der Waals surface area contributed by atoms with Gasteiger partial charge in [-0.15, -0.1) is 10.2 Å². The molecular formula is C39H28N5OP. The van der Waals surface area contributed by atoms with Crippen molar-refractivity contribution >= 4 is 34.1 Å². The minimum atomic E-state index is -3.11. The second kappa shape index (κ2) is 11.6. The van der Waals surface area contributed by atoms with Crippen LogP contribution in [0, 0.1) is 0 Å². The topological polar surface area (TPSA) is 65.6 Å². The summed E-state index contributed by atoms with van der Waals surface area (Å²) in [6.45, 7) is 0. The number of rotatable bonds is 7. The van der Waals surface area contributed by atoms with Crippen LogP contribution in [0.5, 0.6) is 0 Å². The third-order valence-electron chi connectivity index (χ3n) is 8.26. The molecule has 46 heavy (non-hydrogen) atoms. The van der Waals surface area contributed by atoms with E-state index in [0.717, 1.165) is 49.4 Å². The van der Waals surface area contributed by atoms with Gasteiger partial charge in [-0.3, -0.25) is 9.13 Å². The number of imidazole rings is 1. The van der Waals surface area contributed by atoms with Gasteiger partial charge < -0.3 is 4.57 Å². The predicted octanol–water partition coefficient (Wildman–Crippen LogP) is 7.58. The molecule has 0 atom stereocenters. The lowest BCUT2D eigenvalue weighted by atomic mass is 10.1. The van der Waals surface area contributed by atoms with Crippen LogP contribution in [-0.2, 0) is 4.57 Å². The maximum atomic E-state index is 14.9. The van der Waals surface area contributed by atoms with E-state index in [0.29, 0.717) is 11.6 Å². The van der Waals surface area contributed by atoms with Crippen molar-refractivity contribution in [2.45, 2.75) is 0 Å². The summed E-state index contributed by atoms with van der Waals surface area (Å²) in [4.78, 5) is 4.63. The largest absolute Gasteiger partial charge is 0.309 e. The van der Waals surface area contributed by atoms with Crippen molar-refractivity contribution in [3.8, 4) is 34.2 Å². The fourth-order valence-electron chi connectivity index (χ4n) is 6.03. The van der Waals surface area contributed by atoms with Gasteiger partial charge in [0.05, 0.1) is 16.7 Å². The van der Waals surface area contributed by atoms with Crippen molar-refractivity contribution in [2.24, 2.45) is 0 Å². The highest BCUT2D eigenvalue weighted by Gasteiger charge is 2.30. The zero-order chi connectivity index (χ0) is 30.9. The Morgan fingerprint density at radius 2 is 1.04 bits per heavy atom. The highest BCUT2D eigenvalue weighted by atomic mass is 31.2. The second-order valence-electron chi connectivity index (χ2n) is 11.0. The number of para-hydroxylation sites is 4. The molecule has 2 heterocycles. The van der Waals surface area contributed by atoms with Crippen LogP contribution in [0.4, 0.5) is 0 Å². The molecule has 0 N–H and O–H groups in total. The summed E-state index contributed by atoms with van der Waals surface area (Å²) in [7, 11) is -3.11. The first kappa shape index (κ1) is 27.7. The zero-order valence-electron chi connectivity index (χ0n) is 24.8. The predicted molar refractivity (Wildman–Crippen MR) is 186 cm³/mol. The number of fused-ring (bicyclic) bond motifs is 1. The van der Waals surface area contributed by atoms with Gasteiger partial charge in [0.2, 0.25) is 0 Å². The lowest BCUT2D eigenvalue weighted by Crippen LogP contribution is -2.24. The Morgan fingerprint density at radius 3 is 1.74 bits per heavy atom. The fourth-order valence-corrected chi connectivity index (χ4v) is 8.68. The molecule has 7 heteroatoms. The molecule has 0 aliphatic rings. The zero-order valence-corrected chi connectivity index (χ0v) is 25.7. The average Bonchev–Trinajstić information content (AvgIpc) is 3.78. The summed E-state index contributed by atoms with van der Waals surface area (Å²) in [6.07, 6.45) is 1.85. The normalized spacial score (nSPS) is 11.6. The lowest BCUT2D eigenvalue weighted by Gasteiger charge is -2.20. The Balaban J connectivity index is 1.28. The molecule has 0 amide bonds. The highest BCUT2D eigenvalue weighted by Crippen LogP contribution is 2.42. The van der Waals surface area contributed by atoms with Crippen molar-refractivity contribution < 1.29 is 4.57 Å². The van der Waals surface area contributed by atoms with Gasteiger partial charge in [0.25, 0.3) is 0 Å². The van der Waals surface area contributed by atoms with Gasteiger partial charge in [-0.25, -0.2) is 4.98 Å². The standard InChI is InChI=1S/C39H28N5OP/c45-46(31-16-6-2-7-17-31,32-18-8-3-9-19-32)33-26-24-29(25-27-33)38-41-42-39(44(38)30-14-4-1-5-15-30)34-20-10-12-22-36(34)43-28-40-35-21-11-13-23-37(35)43/h1-28H. The first-order valence-electron chi connectivity index (χ1n) is 15.1. The average molecular weight is 614 g/mol. The van der Waals surface area contributed by atoms with E-state index in [-0.39, 0.29) is 0 Å². The van der Waals surface area contributed by atoms with Gasteiger partial charge in [-0.05, 0) is 36.4 Å². The molecule has 2 aromatic heterocycles. The van der Waals surface area contributed by atoms with E-state index >= 15 is 0 Å². The first-order chi connectivity index (χ1) is 22.7. The van der Waals surface area contributed by atoms with Crippen LogP contribution in [0.3, 0.4) is 0 Å². The van der Waals surface area contributed by atoms with Gasteiger partial charge in [-0.2, -0.15) is 0 Å². The number of aromatic nitrogens is 5. The summed E-state index contributed by atoms with van der Waals surface area (Å²) < 4.78 is 19.1. The van der Waals surface area contributed by atoms with Crippen LogP contribution in [0.2, 0.25) is 0 Å². The fraction of sp³-hybridized carbons (Fsp3) is 0. The number of nitrogens with zero attached hydrogens (tertiary/aromatic N) is 5. The van der Waals surface area contributed by atoms with Gasteiger partial charge in [0, 0.05) is 32.7 Å². The lowest BCUT2D eigenvalue weighted by molar-refractivity contribution is 0.592. The summed E-state index contributed by atoms with van der Waals surface area (Å²) in [5.74, 6) is 1.39. The van der Waals surface area contributed by atoms with E-state index in [2.05, 4.69) is 44.5 Å². The molecule has 0 saturated heterocycles. The van der Waals surface area contributed by atoms with Crippen molar-refractivity contribution in [2.75, 3.05) is 0 Å². The van der Waals surface area contributed by atoms with Gasteiger partial charge in [0.1, 0.15) is 6.33 Å². The van der Waals surface area contributed by atoms with Crippen molar-refractivity contribution in [1.29, 1.82) is 0 Å². The molecule has 0 fully saturated rings. The monoisotopic (exact) mass is 613 g/mol. The van der Waals surface area contributed by atoms with E-state index in [1.165, 1.54) is 0 Å². The third-order valence-corrected chi connectivity index (χ3v) is 11.3. The van der Waals surface area contributed by atoms with Crippen LogP contribution < -0.4 is 15.9 Å². The van der Waals surface area contributed by atoms with Gasteiger partial charge in [-0.1, -0.05) is 127 Å². The summed E-state index contributed by atoms with van der Waals surface area (Å²) in [5, 5.41) is 11.9. The van der Waals surface area contributed by atoms with Crippen molar-refractivity contribution in [1.82, 2.24) is 24.3 Å². The second-order valence-corrected chi connectivity index (χ2v) is 13.7. The molecule has 6 nitrogen and oxygen atoms in total. The quantitative estimate of drug-likeness (QED) is 0.174. The van der Waals surface area contributed by atoms with Crippen LogP contribution in [0.1, 0.15) is 0 Å². The number of hydrogen-bond donors (Lipinski definition) is 0. The van der Waals surface area contributed by atoms with Crippen LogP contribution >= 0.6 is 7.14 Å². The Labute approximate surface area is 266 Å². The van der Waals surface area contributed by atoms with Crippen LogP contribution in [0.15, 0.2) is 170 Å².